The van der Waals surface area contributed by atoms with Crippen molar-refractivity contribution in [1.82, 2.24) is 27.0 Å². The second-order valence-corrected chi connectivity index (χ2v) is 8.69. The van der Waals surface area contributed by atoms with E-state index in [0.717, 1.165) is 63.5 Å². The minimum Gasteiger partial charge on any atom is -0.481 e. The molecule has 0 saturated heterocycles. The molecule has 0 aliphatic heterocycles. The predicted octanol–water partition coefficient (Wildman–Crippen LogP) is 0.551. The van der Waals surface area contributed by atoms with Gasteiger partial charge in [0.15, 0.2) is 0 Å². The highest BCUT2D eigenvalue weighted by molar-refractivity contribution is 5.73. The molecule has 0 bridgehead atoms. The van der Waals surface area contributed by atoms with E-state index in [1.54, 1.807) is 0 Å². The second kappa shape index (κ2) is 51.5. The van der Waals surface area contributed by atoms with Gasteiger partial charge in [0.1, 0.15) is 0 Å². The molecule has 0 aliphatic carbocycles. The van der Waals surface area contributed by atoms with Gasteiger partial charge in [-0.2, -0.15) is 0 Å². The first-order valence-electron chi connectivity index (χ1n) is 13.7. The van der Waals surface area contributed by atoms with Gasteiger partial charge in [0.25, 0.3) is 23.9 Å². The van der Waals surface area contributed by atoms with Crippen LogP contribution in [0, 0.1) is 0 Å². The number of hydrogen-bond acceptors (Lipinski definition) is 15. The molecule has 14 N–H and O–H groups in total. The molecule has 0 aromatic rings. The van der Waals surface area contributed by atoms with Crippen LogP contribution in [-0.2, 0) is 38.4 Å². The van der Waals surface area contributed by atoms with Gasteiger partial charge in [-0.15, -0.1) is 13.2 Å². The van der Waals surface area contributed by atoms with Crippen molar-refractivity contribution in [2.75, 3.05) is 73.0 Å². The molecule has 0 saturated carbocycles. The number of aliphatic carboxylic acids is 8. The lowest BCUT2D eigenvalue weighted by Gasteiger charge is -2.23. The maximum atomic E-state index is 10.6. The highest BCUT2D eigenvalue weighted by Crippen LogP contribution is 1.94. The SMILES string of the molecule is C=C.CC(=O)O.CC(=O)O.CC(=O)O.CC(=O)O.CCN=C=NCCCN(C)C.N.N.O=C(O)CN(CCN(CC(=O)O)CC(=O)O)CC(=O)O. The van der Waals surface area contributed by atoms with Crippen molar-refractivity contribution in [3.05, 3.63) is 13.2 Å². The number of carboxylic acid groups (broad SMARTS) is 8. The van der Waals surface area contributed by atoms with Crippen LogP contribution >= 0.6 is 0 Å². The lowest BCUT2D eigenvalue weighted by Crippen LogP contribution is -2.43. The molecule has 0 spiro atoms. The summed E-state index contributed by atoms with van der Waals surface area (Å²) in [6, 6.07) is 2.64. The average molecular weight is 750 g/mol. The van der Waals surface area contributed by atoms with Crippen molar-refractivity contribution in [1.29, 1.82) is 0 Å². The van der Waals surface area contributed by atoms with E-state index in [1.807, 2.05) is 6.92 Å². The zero-order chi connectivity index (χ0) is 40.5. The molecule has 302 valence electrons. The van der Waals surface area contributed by atoms with E-state index in [1.165, 1.54) is 0 Å². The Hall–Kier alpha value is -5.32. The summed E-state index contributed by atoms with van der Waals surface area (Å²) in [5.41, 5.74) is 0. The summed E-state index contributed by atoms with van der Waals surface area (Å²) < 4.78 is 0. The Kier molecular flexibility index (Phi) is 68.5. The topological polar surface area (TPSA) is 403 Å². The Labute approximate surface area is 297 Å². The first-order valence-corrected chi connectivity index (χ1v) is 13.7. The third-order valence-corrected chi connectivity index (χ3v) is 3.34. The fourth-order valence-corrected chi connectivity index (χ4v) is 2.11. The third-order valence-electron chi connectivity index (χ3n) is 3.34. The van der Waals surface area contributed by atoms with Crippen molar-refractivity contribution >= 4 is 53.8 Å². The van der Waals surface area contributed by atoms with Crippen LogP contribution in [0.5, 0.6) is 0 Å². The number of nitrogens with zero attached hydrogens (tertiary/aromatic N) is 5. The Balaban J connectivity index is -0.0000000683. The Morgan fingerprint density at radius 2 is 0.765 bits per heavy atom. The minimum atomic E-state index is -1.23. The number of aliphatic imine (C=N–C) groups is 2. The van der Waals surface area contributed by atoms with Crippen LogP contribution in [-0.4, -0.2) is 182 Å². The molecule has 0 aromatic carbocycles. The summed E-state index contributed by atoms with van der Waals surface area (Å²) in [7, 11) is 4.12. The quantitative estimate of drug-likeness (QED) is 0.0585. The van der Waals surface area contributed by atoms with Gasteiger partial charge in [-0.1, -0.05) is 0 Å². The Morgan fingerprint density at radius 1 is 0.529 bits per heavy atom. The smallest absolute Gasteiger partial charge is 0.317 e. The largest absolute Gasteiger partial charge is 0.481 e. The van der Waals surface area contributed by atoms with Crippen LogP contribution < -0.4 is 12.3 Å². The summed E-state index contributed by atoms with van der Waals surface area (Å²) in [4.78, 5) is 90.4. The molecule has 0 amide bonds. The van der Waals surface area contributed by atoms with Crippen molar-refractivity contribution in [2.24, 2.45) is 9.98 Å². The summed E-state index contributed by atoms with van der Waals surface area (Å²) in [5, 5.41) is 64.1. The third kappa shape index (κ3) is 145. The van der Waals surface area contributed by atoms with Crippen molar-refractivity contribution in [3.63, 3.8) is 0 Å². The standard InChI is InChI=1S/C10H16N2O8.C8H17N3.4C2H4O2.C2H4.2H3N/c13-7(14)3-11(4-8(15)16)1-2-12(5-9(17)18)6-10(19)20;1-4-9-8-10-6-5-7-11(2)3;4*1-2(3)4;1-2;;/h1-6H2,(H,13,14)(H,15,16)(H,17,18)(H,19,20);4-7H2,1-3H3;4*1H3,(H,3,4);1-2H2;2*1H3. The van der Waals surface area contributed by atoms with Gasteiger partial charge in [0, 0.05) is 47.3 Å². The first kappa shape index (κ1) is 67.8. The van der Waals surface area contributed by atoms with Crippen molar-refractivity contribution in [2.45, 2.75) is 41.0 Å². The predicted molar refractivity (Wildman–Crippen MR) is 186 cm³/mol. The van der Waals surface area contributed by atoms with Gasteiger partial charge >= 0.3 is 23.9 Å². The lowest BCUT2D eigenvalue weighted by molar-refractivity contribution is -0.145. The van der Waals surface area contributed by atoms with Crippen LogP contribution in [0.25, 0.3) is 0 Å². The van der Waals surface area contributed by atoms with Crippen molar-refractivity contribution < 1.29 is 79.2 Å². The molecule has 23 heteroatoms. The van der Waals surface area contributed by atoms with E-state index in [2.05, 4.69) is 48.1 Å². The van der Waals surface area contributed by atoms with E-state index in [4.69, 9.17) is 60.0 Å². The number of carboxylic acids is 8. The van der Waals surface area contributed by atoms with E-state index in [0.29, 0.717) is 0 Å². The molecule has 0 unspecified atom stereocenters. The molecule has 0 rings (SSSR count). The van der Waals surface area contributed by atoms with E-state index < -0.39 is 73.9 Å². The fraction of sp³-hybridized carbons (Fsp3) is 0.607. The Morgan fingerprint density at radius 3 is 0.941 bits per heavy atom. The maximum Gasteiger partial charge on any atom is 0.317 e. The molecule has 0 heterocycles. The highest BCUT2D eigenvalue weighted by atomic mass is 16.4. The van der Waals surface area contributed by atoms with Gasteiger partial charge in [-0.05, 0) is 34.0 Å². The van der Waals surface area contributed by atoms with E-state index >= 15 is 0 Å². The summed E-state index contributed by atoms with van der Waals surface area (Å²) in [5.74, 6) is -8.24. The Bertz CT molecular complexity index is 874. The van der Waals surface area contributed by atoms with Crippen LogP contribution in [0.3, 0.4) is 0 Å². The molecule has 23 nitrogen and oxygen atoms in total. The maximum absolute atomic E-state index is 10.6. The normalized spacial score (nSPS) is 8.27. The van der Waals surface area contributed by atoms with E-state index in [-0.39, 0.29) is 25.4 Å². The first-order chi connectivity index (χ1) is 22.4. The molecule has 0 aliphatic rings. The van der Waals surface area contributed by atoms with Gasteiger partial charge in [0.2, 0.25) is 0 Å². The highest BCUT2D eigenvalue weighted by Gasteiger charge is 2.18. The molecule has 0 aromatic heterocycles. The fourth-order valence-electron chi connectivity index (χ4n) is 2.11. The van der Waals surface area contributed by atoms with Crippen LogP contribution in [0.1, 0.15) is 41.0 Å². The van der Waals surface area contributed by atoms with Gasteiger partial charge < -0.3 is 58.1 Å². The molecule has 51 heavy (non-hydrogen) atoms. The summed E-state index contributed by atoms with van der Waals surface area (Å²) in [6.45, 7) is 12.7. The van der Waals surface area contributed by atoms with E-state index in [9.17, 15) is 19.2 Å². The molecule has 0 radical (unpaired) electrons. The van der Waals surface area contributed by atoms with Crippen molar-refractivity contribution in [3.8, 4) is 0 Å². The average Bonchev–Trinajstić information content (AvgIpc) is 2.88. The van der Waals surface area contributed by atoms with Gasteiger partial charge in [-0.25, -0.2) is 9.98 Å². The minimum absolute atomic E-state index is 0. The number of hydrogen-bond donors (Lipinski definition) is 10. The number of carbonyl (C=O) groups is 8. The van der Waals surface area contributed by atoms with Gasteiger partial charge in [-0.3, -0.25) is 48.2 Å². The van der Waals surface area contributed by atoms with Crippen LogP contribution in [0.15, 0.2) is 23.1 Å². The molecular formula is C28H59N7O16. The van der Waals surface area contributed by atoms with Gasteiger partial charge in [0.05, 0.1) is 38.7 Å². The second-order valence-electron chi connectivity index (χ2n) is 8.69. The molecule has 0 fully saturated rings. The molecule has 0 atom stereocenters. The monoisotopic (exact) mass is 749 g/mol. The zero-order valence-corrected chi connectivity index (χ0v) is 30.5. The number of rotatable bonds is 16. The van der Waals surface area contributed by atoms with Crippen LogP contribution in [0.4, 0.5) is 0 Å². The molecular weight excluding hydrogens is 690 g/mol. The summed E-state index contributed by atoms with van der Waals surface area (Å²) in [6.07, 6.45) is 1.08. The van der Waals surface area contributed by atoms with Crippen LogP contribution in [0.2, 0.25) is 0 Å². The lowest BCUT2D eigenvalue weighted by atomic mass is 10.4. The summed E-state index contributed by atoms with van der Waals surface area (Å²) >= 11 is 0. The zero-order valence-electron chi connectivity index (χ0n) is 30.5.